The van der Waals surface area contributed by atoms with Crippen molar-refractivity contribution in [2.75, 3.05) is 38.3 Å². The van der Waals surface area contributed by atoms with Crippen LogP contribution in [0, 0.1) is 5.82 Å². The van der Waals surface area contributed by atoms with Gasteiger partial charge in [-0.05, 0) is 46.9 Å². The van der Waals surface area contributed by atoms with Gasteiger partial charge in [0.05, 0.1) is 37.6 Å². The van der Waals surface area contributed by atoms with Gasteiger partial charge in [0.2, 0.25) is 0 Å². The molecule has 1 fully saturated rings. The summed E-state index contributed by atoms with van der Waals surface area (Å²) in [4.78, 5) is 40.0. The van der Waals surface area contributed by atoms with Crippen LogP contribution in [0.2, 0.25) is 0 Å². The molecule has 0 saturated carbocycles. The van der Waals surface area contributed by atoms with Crippen molar-refractivity contribution < 1.29 is 46.2 Å². The number of nitrogens with two attached hydrogens (primary N) is 1. The minimum Gasteiger partial charge on any atom is -0.452 e. The lowest BCUT2D eigenvalue weighted by Crippen LogP contribution is -2.50. The molecule has 14 heteroatoms. The second kappa shape index (κ2) is 16.8. The number of alkyl halides is 3. The second-order valence-electron chi connectivity index (χ2n) is 12.1. The molecule has 3 amide bonds. The van der Waals surface area contributed by atoms with Gasteiger partial charge in [-0.2, -0.15) is 13.2 Å². The van der Waals surface area contributed by atoms with Crippen LogP contribution in [0.15, 0.2) is 91.0 Å². The molecule has 1 saturated heterocycles. The minimum atomic E-state index is -4.56. The lowest BCUT2D eigenvalue weighted by Gasteiger charge is -2.31. The number of morpholine rings is 1. The third kappa shape index (κ3) is 9.60. The van der Waals surface area contributed by atoms with Crippen molar-refractivity contribution in [2.45, 2.75) is 43.1 Å². The number of imide groups is 1. The van der Waals surface area contributed by atoms with Crippen molar-refractivity contribution in [3.8, 4) is 0 Å². The summed E-state index contributed by atoms with van der Waals surface area (Å²) in [5, 5.41) is 6.67. The minimum absolute atomic E-state index is 0.0208. The van der Waals surface area contributed by atoms with Crippen molar-refractivity contribution in [1.29, 1.82) is 0 Å². The number of benzene rings is 4. The number of halogens is 4. The van der Waals surface area contributed by atoms with E-state index in [0.29, 0.717) is 0 Å². The number of anilines is 1. The number of ether oxygens (including phenoxy) is 3. The van der Waals surface area contributed by atoms with Gasteiger partial charge in [0.25, 0.3) is 5.91 Å². The van der Waals surface area contributed by atoms with E-state index in [-0.39, 0.29) is 43.9 Å². The van der Waals surface area contributed by atoms with Gasteiger partial charge in [-0.3, -0.25) is 4.79 Å². The molecule has 0 unspecified atom stereocenters. The maximum Gasteiger partial charge on any atom is 0.420 e. The third-order valence-corrected chi connectivity index (χ3v) is 8.58. The molecule has 0 bridgehead atoms. The topological polar surface area (TPSA) is 132 Å². The Labute approximate surface area is 291 Å². The van der Waals surface area contributed by atoms with Crippen LogP contribution in [-0.2, 0) is 25.4 Å². The normalized spacial score (nSPS) is 17.3. The number of methoxy groups -OCH3 is 1. The molecule has 51 heavy (non-hydrogen) atoms. The zero-order chi connectivity index (χ0) is 36.5. The van der Waals surface area contributed by atoms with Crippen molar-refractivity contribution in [3.63, 3.8) is 0 Å². The Morgan fingerprint density at radius 2 is 1.71 bits per heavy atom. The van der Waals surface area contributed by atoms with Crippen LogP contribution < -0.4 is 21.3 Å². The van der Waals surface area contributed by atoms with Gasteiger partial charge in [0.15, 0.2) is 0 Å². The van der Waals surface area contributed by atoms with Gasteiger partial charge in [-0.15, -0.1) is 0 Å². The summed E-state index contributed by atoms with van der Waals surface area (Å²) in [6.45, 7) is -1.41. The summed E-state index contributed by atoms with van der Waals surface area (Å²) in [7, 11) is 1.12. The van der Waals surface area contributed by atoms with Gasteiger partial charge in [-0.1, -0.05) is 78.9 Å². The first-order chi connectivity index (χ1) is 24.4. The fraction of sp³-hybridized carbons (Fsp3) is 0.324. The van der Waals surface area contributed by atoms with Gasteiger partial charge in [0.1, 0.15) is 19.0 Å². The van der Waals surface area contributed by atoms with Crippen molar-refractivity contribution >= 4 is 34.6 Å². The fourth-order valence-corrected chi connectivity index (χ4v) is 6.03. The molecule has 4 atom stereocenters. The van der Waals surface area contributed by atoms with Gasteiger partial charge in [0, 0.05) is 18.0 Å². The summed E-state index contributed by atoms with van der Waals surface area (Å²) in [6.07, 6.45) is -6.93. The molecule has 1 aliphatic heterocycles. The monoisotopic (exact) mass is 710 g/mol. The van der Waals surface area contributed by atoms with Crippen molar-refractivity contribution in [3.05, 3.63) is 114 Å². The molecule has 10 nitrogen and oxygen atoms in total. The Kier molecular flexibility index (Phi) is 12.2. The number of carbonyl (C=O) groups is 3. The van der Waals surface area contributed by atoms with Gasteiger partial charge < -0.3 is 30.6 Å². The van der Waals surface area contributed by atoms with Crippen molar-refractivity contribution in [2.24, 2.45) is 5.73 Å². The Morgan fingerprint density at radius 3 is 2.39 bits per heavy atom. The van der Waals surface area contributed by atoms with E-state index in [0.717, 1.165) is 33.9 Å². The highest BCUT2D eigenvalue weighted by Crippen LogP contribution is 2.33. The van der Waals surface area contributed by atoms with E-state index >= 15 is 4.39 Å². The molecule has 0 aromatic heterocycles. The number of fused-ring (bicyclic) bond motifs is 1. The highest BCUT2D eigenvalue weighted by molar-refractivity contribution is 6.15. The van der Waals surface area contributed by atoms with E-state index in [9.17, 15) is 27.6 Å². The highest BCUT2D eigenvalue weighted by atomic mass is 19.4. The molecule has 4 N–H and O–H groups in total. The number of hydrogen-bond acceptors (Lipinski definition) is 8. The first kappa shape index (κ1) is 37.2. The SMILES string of the molecule is COC(=O)N(C(=O)[C@@H](N)[C@H](c1ccccc1)c1ccc2ccccc2c1)c1cccc(F)c1CC[C@@H]1CN[C@H](COC(=O)NCC(F)(F)F)CO1. The van der Waals surface area contributed by atoms with Crippen molar-refractivity contribution in [1.82, 2.24) is 10.6 Å². The summed E-state index contributed by atoms with van der Waals surface area (Å²) in [5.74, 6) is -2.13. The van der Waals surface area contributed by atoms with E-state index in [2.05, 4.69) is 5.32 Å². The number of amides is 3. The fourth-order valence-electron chi connectivity index (χ4n) is 6.03. The summed E-state index contributed by atoms with van der Waals surface area (Å²) < 4.78 is 68.1. The molecule has 1 aliphatic rings. The van der Waals surface area contributed by atoms with Crippen LogP contribution in [0.25, 0.3) is 10.8 Å². The Morgan fingerprint density at radius 1 is 0.980 bits per heavy atom. The molecule has 4 aromatic carbocycles. The second-order valence-corrected chi connectivity index (χ2v) is 12.1. The predicted molar refractivity (Wildman–Crippen MR) is 182 cm³/mol. The average molecular weight is 711 g/mol. The molecule has 1 heterocycles. The Bertz CT molecular complexity index is 1820. The van der Waals surface area contributed by atoms with E-state index in [1.54, 1.807) is 5.32 Å². The largest absolute Gasteiger partial charge is 0.452 e. The lowest BCUT2D eigenvalue weighted by atomic mass is 9.84. The quantitative estimate of drug-likeness (QED) is 0.166. The first-order valence-electron chi connectivity index (χ1n) is 16.3. The summed E-state index contributed by atoms with van der Waals surface area (Å²) >= 11 is 0. The van der Waals surface area contributed by atoms with Crippen LogP contribution in [0.3, 0.4) is 0 Å². The van der Waals surface area contributed by atoms with Crippen LogP contribution in [-0.4, -0.2) is 75.9 Å². The van der Waals surface area contributed by atoms with Gasteiger partial charge in [-0.25, -0.2) is 18.9 Å². The molecule has 5 rings (SSSR count). The van der Waals surface area contributed by atoms with Crippen LogP contribution in [0.4, 0.5) is 32.8 Å². The third-order valence-electron chi connectivity index (χ3n) is 8.58. The summed E-state index contributed by atoms with van der Waals surface area (Å²) in [6, 6.07) is 25.0. The first-order valence-corrected chi connectivity index (χ1v) is 16.3. The zero-order valence-electron chi connectivity index (χ0n) is 27.7. The van der Waals surface area contributed by atoms with Crippen LogP contribution >= 0.6 is 0 Å². The van der Waals surface area contributed by atoms with Crippen LogP contribution in [0.1, 0.15) is 29.0 Å². The van der Waals surface area contributed by atoms with E-state index in [1.807, 2.05) is 72.8 Å². The number of nitrogens with one attached hydrogen (secondary N) is 2. The lowest BCUT2D eigenvalue weighted by molar-refractivity contribution is -0.124. The predicted octanol–water partition coefficient (Wildman–Crippen LogP) is 5.82. The molecular weight excluding hydrogens is 672 g/mol. The number of alkyl carbamates (subject to hydrolysis) is 1. The van der Waals surface area contributed by atoms with Gasteiger partial charge >= 0.3 is 18.4 Å². The molecule has 0 aliphatic carbocycles. The molecular formula is C37H38F4N4O6. The zero-order valence-corrected chi connectivity index (χ0v) is 27.7. The molecule has 0 radical (unpaired) electrons. The molecule has 4 aromatic rings. The van der Waals surface area contributed by atoms with E-state index < -0.39 is 60.7 Å². The number of nitrogens with zero attached hydrogens (tertiary/aromatic N) is 1. The Hall–Kier alpha value is -5.05. The average Bonchev–Trinajstić information content (AvgIpc) is 3.13. The van der Waals surface area contributed by atoms with Crippen LogP contribution in [0.5, 0.6) is 0 Å². The smallest absolute Gasteiger partial charge is 0.420 e. The van der Waals surface area contributed by atoms with E-state index in [4.69, 9.17) is 19.9 Å². The number of carbonyl (C=O) groups excluding carboxylic acids is 3. The Balaban J connectivity index is 1.32. The standard InChI is InChI=1S/C37H38F4N4O6/c1-49-36(48)45(34(46)33(42)32(24-9-3-2-4-10-24)26-15-14-23-8-5-6-11-25(23)18-26)31-13-7-12-30(38)29(31)17-16-28-19-43-27(20-50-28)21-51-35(47)44-22-37(39,40)41/h2-15,18,27-28,32-33,43H,16-17,19-22,42H2,1H3,(H,44,47)/t27-,28+,32+,33-/m0/s1. The molecule has 0 spiro atoms. The maximum atomic E-state index is 15.5. The molecule has 270 valence electrons. The highest BCUT2D eigenvalue weighted by Gasteiger charge is 2.37. The summed E-state index contributed by atoms with van der Waals surface area (Å²) in [5.41, 5.74) is 8.30. The maximum absolute atomic E-state index is 15.5. The number of rotatable bonds is 11. The van der Waals surface area contributed by atoms with E-state index in [1.165, 1.54) is 18.2 Å². The number of hydrogen-bond donors (Lipinski definition) is 3.